The molecule has 1 aliphatic heterocycles. The van der Waals surface area contributed by atoms with Gasteiger partial charge < -0.3 is 15.2 Å². The van der Waals surface area contributed by atoms with Crippen LogP contribution in [0, 0.1) is 0 Å². The molecule has 1 fully saturated rings. The molecule has 0 saturated carbocycles. The number of aromatic amines is 1. The third kappa shape index (κ3) is 2.13. The average Bonchev–Trinajstić information content (AvgIpc) is 2.39. The molecule has 0 aliphatic carbocycles. The molecule has 6 heteroatoms. The number of hydrogen-bond acceptors (Lipinski definition) is 4. The van der Waals surface area contributed by atoms with Crippen LogP contribution in [-0.4, -0.2) is 36.1 Å². The second kappa shape index (κ2) is 4.70. The molecule has 2 aromatic rings. The number of rotatable bonds is 1. The Morgan fingerprint density at radius 2 is 2.06 bits per heavy atom. The highest BCUT2D eigenvalue weighted by molar-refractivity contribution is 9.10. The minimum atomic E-state index is -0.0702. The number of piperazine rings is 1. The summed E-state index contributed by atoms with van der Waals surface area (Å²) in [6.45, 7) is 3.54. The van der Waals surface area contributed by atoms with E-state index in [4.69, 9.17) is 0 Å². The van der Waals surface area contributed by atoms with Gasteiger partial charge in [0.05, 0.1) is 0 Å². The summed E-state index contributed by atoms with van der Waals surface area (Å²) >= 11 is 3.39. The Hall–Kier alpha value is -1.40. The highest BCUT2D eigenvalue weighted by Gasteiger charge is 2.14. The number of aromatic nitrogens is 2. The lowest BCUT2D eigenvalue weighted by Gasteiger charge is -2.28. The summed E-state index contributed by atoms with van der Waals surface area (Å²) in [5.74, 6) is 0. The monoisotopic (exact) mass is 308 g/mol. The Morgan fingerprint density at radius 1 is 1.28 bits per heavy atom. The van der Waals surface area contributed by atoms with Gasteiger partial charge in [0.1, 0.15) is 11.3 Å². The number of pyridine rings is 2. The fraction of sp³-hybridized carbons (Fsp3) is 0.333. The van der Waals surface area contributed by atoms with Crippen LogP contribution < -0.4 is 15.8 Å². The van der Waals surface area contributed by atoms with E-state index in [9.17, 15) is 4.79 Å². The van der Waals surface area contributed by atoms with Crippen LogP contribution in [0.15, 0.2) is 27.6 Å². The molecule has 1 saturated heterocycles. The Kier molecular flexibility index (Phi) is 3.05. The van der Waals surface area contributed by atoms with Gasteiger partial charge in [-0.15, -0.1) is 0 Å². The predicted octanol–water partition coefficient (Wildman–Crippen LogP) is 1.10. The van der Waals surface area contributed by atoms with Gasteiger partial charge in [-0.1, -0.05) is 0 Å². The van der Waals surface area contributed by atoms with E-state index in [-0.39, 0.29) is 5.56 Å². The molecule has 0 amide bonds. The molecule has 3 rings (SSSR count). The number of fused-ring (bicyclic) bond motifs is 1. The van der Waals surface area contributed by atoms with Gasteiger partial charge in [0.2, 0.25) is 0 Å². The lowest BCUT2D eigenvalue weighted by atomic mass is 10.2. The van der Waals surface area contributed by atoms with Gasteiger partial charge in [-0.2, -0.15) is 0 Å². The molecule has 0 aromatic carbocycles. The van der Waals surface area contributed by atoms with Crippen molar-refractivity contribution in [3.8, 4) is 0 Å². The van der Waals surface area contributed by atoms with Gasteiger partial charge in [-0.25, -0.2) is 4.98 Å². The van der Waals surface area contributed by atoms with Crippen molar-refractivity contribution in [3.63, 3.8) is 0 Å². The second-order valence-electron chi connectivity index (χ2n) is 4.31. The summed E-state index contributed by atoms with van der Waals surface area (Å²) in [4.78, 5) is 21.2. The molecule has 1 aliphatic rings. The van der Waals surface area contributed by atoms with E-state index >= 15 is 0 Å². The van der Waals surface area contributed by atoms with E-state index in [1.807, 2.05) is 12.1 Å². The van der Waals surface area contributed by atoms with E-state index in [0.29, 0.717) is 5.65 Å². The van der Waals surface area contributed by atoms with Crippen molar-refractivity contribution >= 4 is 32.7 Å². The molecule has 0 bridgehead atoms. The molecule has 2 aromatic heterocycles. The summed E-state index contributed by atoms with van der Waals surface area (Å²) < 4.78 is 0.910. The zero-order valence-electron chi connectivity index (χ0n) is 9.74. The summed E-state index contributed by atoms with van der Waals surface area (Å²) in [6.07, 6.45) is 1.68. The van der Waals surface area contributed by atoms with Crippen LogP contribution in [0.4, 0.5) is 5.69 Å². The maximum atomic E-state index is 12.0. The quantitative estimate of drug-likeness (QED) is 0.828. The summed E-state index contributed by atoms with van der Waals surface area (Å²) in [6, 6.07) is 3.88. The van der Waals surface area contributed by atoms with Crippen molar-refractivity contribution < 1.29 is 0 Å². The number of nitrogens with zero attached hydrogens (tertiary/aromatic N) is 2. The molecule has 0 spiro atoms. The first-order valence-electron chi connectivity index (χ1n) is 5.88. The molecule has 3 heterocycles. The Morgan fingerprint density at radius 3 is 2.83 bits per heavy atom. The molecule has 0 radical (unpaired) electrons. The maximum absolute atomic E-state index is 12.0. The first-order chi connectivity index (χ1) is 8.74. The van der Waals surface area contributed by atoms with Gasteiger partial charge >= 0.3 is 0 Å². The normalized spacial score (nSPS) is 16.2. The molecule has 94 valence electrons. The molecule has 2 N–H and O–H groups in total. The van der Waals surface area contributed by atoms with Crippen LogP contribution in [0.25, 0.3) is 11.0 Å². The summed E-state index contributed by atoms with van der Waals surface area (Å²) in [5, 5.41) is 4.22. The highest BCUT2D eigenvalue weighted by atomic mass is 79.9. The SMILES string of the molecule is O=c1[nH]c2ncc(Br)cc2cc1N1CCNCC1. The maximum Gasteiger partial charge on any atom is 0.273 e. The van der Waals surface area contributed by atoms with E-state index < -0.39 is 0 Å². The zero-order chi connectivity index (χ0) is 12.5. The van der Waals surface area contributed by atoms with Crippen molar-refractivity contribution in [2.24, 2.45) is 0 Å². The first-order valence-corrected chi connectivity index (χ1v) is 6.67. The van der Waals surface area contributed by atoms with Crippen molar-refractivity contribution in [3.05, 3.63) is 33.2 Å². The minimum absolute atomic E-state index is 0.0702. The van der Waals surface area contributed by atoms with Crippen LogP contribution >= 0.6 is 15.9 Å². The largest absolute Gasteiger partial charge is 0.365 e. The van der Waals surface area contributed by atoms with Crippen molar-refractivity contribution in [2.75, 3.05) is 31.1 Å². The Bertz CT molecular complexity index is 634. The standard InChI is InChI=1S/C12H13BrN4O/c13-9-5-8-6-10(17-3-1-14-2-4-17)12(18)16-11(8)15-7-9/h5-7,14H,1-4H2,(H,15,16,18). The highest BCUT2D eigenvalue weighted by Crippen LogP contribution is 2.18. The van der Waals surface area contributed by atoms with Gasteiger partial charge in [0.25, 0.3) is 5.56 Å². The number of anilines is 1. The smallest absolute Gasteiger partial charge is 0.273 e. The number of nitrogens with one attached hydrogen (secondary N) is 2. The van der Waals surface area contributed by atoms with Crippen LogP contribution in [-0.2, 0) is 0 Å². The van der Waals surface area contributed by atoms with Crippen molar-refractivity contribution in [1.82, 2.24) is 15.3 Å². The van der Waals surface area contributed by atoms with E-state index in [2.05, 4.69) is 36.1 Å². The fourth-order valence-corrected chi connectivity index (χ4v) is 2.54. The number of H-pyrrole nitrogens is 1. The van der Waals surface area contributed by atoms with Gasteiger partial charge in [-0.3, -0.25) is 4.79 Å². The third-order valence-corrected chi connectivity index (χ3v) is 3.53. The summed E-state index contributed by atoms with van der Waals surface area (Å²) in [7, 11) is 0. The summed E-state index contributed by atoms with van der Waals surface area (Å²) in [5.41, 5.74) is 1.28. The van der Waals surface area contributed by atoms with Gasteiger partial charge in [0.15, 0.2) is 0 Å². The zero-order valence-corrected chi connectivity index (χ0v) is 11.3. The van der Waals surface area contributed by atoms with Crippen molar-refractivity contribution in [1.29, 1.82) is 0 Å². The minimum Gasteiger partial charge on any atom is -0.365 e. The first kappa shape index (κ1) is 11.7. The van der Waals surface area contributed by atoms with Crippen LogP contribution in [0.1, 0.15) is 0 Å². The lowest BCUT2D eigenvalue weighted by Crippen LogP contribution is -2.45. The fourth-order valence-electron chi connectivity index (χ4n) is 2.19. The average molecular weight is 309 g/mol. The van der Waals surface area contributed by atoms with Gasteiger partial charge in [0, 0.05) is 42.2 Å². The Balaban J connectivity index is 2.10. The van der Waals surface area contributed by atoms with E-state index in [1.54, 1.807) is 6.20 Å². The molecule has 0 unspecified atom stereocenters. The van der Waals surface area contributed by atoms with Crippen molar-refractivity contribution in [2.45, 2.75) is 0 Å². The second-order valence-corrected chi connectivity index (χ2v) is 5.23. The third-order valence-electron chi connectivity index (χ3n) is 3.10. The van der Waals surface area contributed by atoms with Crippen LogP contribution in [0.3, 0.4) is 0 Å². The van der Waals surface area contributed by atoms with E-state index in [1.165, 1.54) is 0 Å². The van der Waals surface area contributed by atoms with Crippen LogP contribution in [0.2, 0.25) is 0 Å². The number of hydrogen-bond donors (Lipinski definition) is 2. The molecule has 5 nitrogen and oxygen atoms in total. The predicted molar refractivity (Wildman–Crippen MR) is 75.1 cm³/mol. The van der Waals surface area contributed by atoms with Gasteiger partial charge in [-0.05, 0) is 28.1 Å². The Labute approximate surface area is 112 Å². The molecular formula is C12H13BrN4O. The molecule has 18 heavy (non-hydrogen) atoms. The molecular weight excluding hydrogens is 296 g/mol. The lowest BCUT2D eigenvalue weighted by molar-refractivity contribution is 0.588. The van der Waals surface area contributed by atoms with Crippen LogP contribution in [0.5, 0.6) is 0 Å². The topological polar surface area (TPSA) is 61.0 Å². The molecule has 0 atom stereocenters. The van der Waals surface area contributed by atoms with E-state index in [0.717, 1.165) is 41.7 Å². The number of halogens is 1.